The van der Waals surface area contributed by atoms with Crippen LogP contribution in [0.3, 0.4) is 0 Å². The molecule has 2 aliphatic rings. The van der Waals surface area contributed by atoms with E-state index in [1.807, 2.05) is 18.2 Å². The fourth-order valence-corrected chi connectivity index (χ4v) is 5.18. The van der Waals surface area contributed by atoms with E-state index in [4.69, 9.17) is 12.2 Å². The van der Waals surface area contributed by atoms with Crippen LogP contribution in [-0.4, -0.2) is 17.1 Å². The smallest absolute Gasteiger partial charge is 0.257 e. The maximum Gasteiger partial charge on any atom is 0.257 e. The lowest BCUT2D eigenvalue weighted by Crippen LogP contribution is -2.49. The van der Waals surface area contributed by atoms with Crippen LogP contribution in [0, 0.1) is 0 Å². The molecule has 2 aromatic rings. The molecule has 1 fully saturated rings. The van der Waals surface area contributed by atoms with Crippen LogP contribution in [0.25, 0.3) is 6.08 Å². The first kappa shape index (κ1) is 18.9. The molecule has 0 radical (unpaired) electrons. The predicted octanol–water partition coefficient (Wildman–Crippen LogP) is 4.98. The van der Waals surface area contributed by atoms with Crippen LogP contribution in [0.4, 0.5) is 0 Å². The highest BCUT2D eigenvalue weighted by atomic mass is 32.1. The average molecular weight is 391 g/mol. The summed E-state index contributed by atoms with van der Waals surface area (Å²) in [4.78, 5) is 12.4. The van der Waals surface area contributed by atoms with Crippen LogP contribution in [0.1, 0.15) is 60.5 Å². The first-order chi connectivity index (χ1) is 13.6. The van der Waals surface area contributed by atoms with Crippen molar-refractivity contribution < 1.29 is 4.79 Å². The van der Waals surface area contributed by atoms with Crippen molar-refractivity contribution in [1.82, 2.24) is 10.6 Å². The summed E-state index contributed by atoms with van der Waals surface area (Å²) in [6.45, 7) is 2.25. The second-order valence-corrected chi connectivity index (χ2v) is 8.19. The minimum Gasteiger partial charge on any atom is -0.360 e. The number of fused-ring (bicyclic) bond motifs is 2. The van der Waals surface area contributed by atoms with Gasteiger partial charge in [0.15, 0.2) is 5.11 Å². The number of hydrogen-bond donors (Lipinski definition) is 2. The molecule has 4 heteroatoms. The number of carbonyl (C=O) groups is 1. The Kier molecular flexibility index (Phi) is 5.31. The maximum absolute atomic E-state index is 12.4. The van der Waals surface area contributed by atoms with Gasteiger partial charge in [-0.05, 0) is 61.2 Å². The van der Waals surface area contributed by atoms with Gasteiger partial charge in [-0.3, -0.25) is 10.1 Å². The van der Waals surface area contributed by atoms with E-state index in [0.717, 1.165) is 25.7 Å². The number of allylic oxidation sites excluding steroid dienone is 1. The van der Waals surface area contributed by atoms with E-state index in [1.54, 1.807) is 12.1 Å². The fourth-order valence-electron chi connectivity index (χ4n) is 4.92. The molecule has 2 N–H and O–H groups in total. The zero-order chi connectivity index (χ0) is 19.6. The first-order valence-corrected chi connectivity index (χ1v) is 10.5. The molecule has 1 spiro atoms. The van der Waals surface area contributed by atoms with Crippen LogP contribution >= 0.6 is 12.2 Å². The summed E-state index contributed by atoms with van der Waals surface area (Å²) in [5.41, 5.74) is 5.07. The third-order valence-electron chi connectivity index (χ3n) is 6.15. The molecule has 1 amide bonds. The van der Waals surface area contributed by atoms with E-state index in [1.165, 1.54) is 23.1 Å². The highest BCUT2D eigenvalue weighted by Crippen LogP contribution is 2.51. The zero-order valence-electron chi connectivity index (χ0n) is 16.2. The normalized spacial score (nSPS) is 23.0. The zero-order valence-corrected chi connectivity index (χ0v) is 17.0. The van der Waals surface area contributed by atoms with Gasteiger partial charge in [-0.1, -0.05) is 67.5 Å². The SMILES string of the molecule is CCC1=Cc2ccccc2C12CCCC(NC(=S)NC(=O)c1ccccc1)C2. The van der Waals surface area contributed by atoms with Crippen molar-refractivity contribution in [1.29, 1.82) is 0 Å². The van der Waals surface area contributed by atoms with Gasteiger partial charge in [0, 0.05) is 17.0 Å². The van der Waals surface area contributed by atoms with E-state index in [9.17, 15) is 4.79 Å². The lowest BCUT2D eigenvalue weighted by Gasteiger charge is -2.42. The summed E-state index contributed by atoms with van der Waals surface area (Å²) in [6, 6.07) is 18.2. The van der Waals surface area contributed by atoms with Crippen molar-refractivity contribution in [2.75, 3.05) is 0 Å². The van der Waals surface area contributed by atoms with Gasteiger partial charge in [-0.15, -0.1) is 0 Å². The Balaban J connectivity index is 1.46. The summed E-state index contributed by atoms with van der Waals surface area (Å²) in [6.07, 6.45) is 7.88. The molecule has 0 heterocycles. The van der Waals surface area contributed by atoms with Gasteiger partial charge in [-0.25, -0.2) is 0 Å². The summed E-state index contributed by atoms with van der Waals surface area (Å²) in [5, 5.41) is 6.67. The molecule has 0 aliphatic heterocycles. The molecule has 2 aliphatic carbocycles. The second kappa shape index (κ2) is 7.88. The van der Waals surface area contributed by atoms with E-state index in [0.29, 0.717) is 10.7 Å². The molecule has 0 bridgehead atoms. The van der Waals surface area contributed by atoms with E-state index in [-0.39, 0.29) is 17.4 Å². The van der Waals surface area contributed by atoms with Crippen molar-refractivity contribution in [3.63, 3.8) is 0 Å². The Morgan fingerprint density at radius 3 is 2.68 bits per heavy atom. The Hall–Kier alpha value is -2.46. The standard InChI is InChI=1S/C24H26N2OS/c1-2-19-15-18-11-6-7-13-21(18)24(19)14-8-12-20(16-24)25-23(28)26-22(27)17-9-4-3-5-10-17/h3-7,9-11,13,15,20H,2,8,12,14,16H2,1H3,(H2,25,26,27,28). The number of hydrogen-bond acceptors (Lipinski definition) is 2. The molecule has 0 saturated heterocycles. The maximum atomic E-state index is 12.4. The molecule has 2 unspecified atom stereocenters. The van der Waals surface area contributed by atoms with E-state index >= 15 is 0 Å². The lowest BCUT2D eigenvalue weighted by atomic mass is 9.65. The van der Waals surface area contributed by atoms with Crippen molar-refractivity contribution in [2.24, 2.45) is 0 Å². The summed E-state index contributed by atoms with van der Waals surface area (Å²) in [5.74, 6) is -0.163. The van der Waals surface area contributed by atoms with E-state index in [2.05, 4.69) is 47.9 Å². The van der Waals surface area contributed by atoms with Gasteiger partial charge >= 0.3 is 0 Å². The number of thiocarbonyl (C=S) groups is 1. The highest BCUT2D eigenvalue weighted by Gasteiger charge is 2.44. The average Bonchev–Trinajstić information content (AvgIpc) is 3.01. The second-order valence-electron chi connectivity index (χ2n) is 7.78. The Morgan fingerprint density at radius 1 is 1.14 bits per heavy atom. The largest absolute Gasteiger partial charge is 0.360 e. The molecule has 2 aromatic carbocycles. The molecule has 3 nitrogen and oxygen atoms in total. The van der Waals surface area contributed by atoms with Gasteiger partial charge in [0.2, 0.25) is 0 Å². The predicted molar refractivity (Wildman–Crippen MR) is 118 cm³/mol. The van der Waals surface area contributed by atoms with Crippen LogP contribution in [0.5, 0.6) is 0 Å². The number of benzene rings is 2. The van der Waals surface area contributed by atoms with Crippen molar-refractivity contribution >= 4 is 29.3 Å². The Bertz CT molecular complexity index is 921. The molecule has 1 saturated carbocycles. The van der Waals surface area contributed by atoms with Gasteiger partial charge in [-0.2, -0.15) is 0 Å². The third kappa shape index (κ3) is 3.49. The lowest BCUT2D eigenvalue weighted by molar-refractivity contribution is 0.0976. The molecule has 0 aromatic heterocycles. The van der Waals surface area contributed by atoms with Gasteiger partial charge in [0.05, 0.1) is 0 Å². The van der Waals surface area contributed by atoms with E-state index < -0.39 is 0 Å². The number of amides is 1. The van der Waals surface area contributed by atoms with Crippen molar-refractivity contribution in [2.45, 2.75) is 50.5 Å². The van der Waals surface area contributed by atoms with Crippen LogP contribution < -0.4 is 10.6 Å². The summed E-state index contributed by atoms with van der Waals surface area (Å²) < 4.78 is 0. The molecular weight excluding hydrogens is 364 g/mol. The molecule has 28 heavy (non-hydrogen) atoms. The van der Waals surface area contributed by atoms with Gasteiger partial charge < -0.3 is 5.32 Å². The van der Waals surface area contributed by atoms with Crippen LogP contribution in [0.15, 0.2) is 60.2 Å². The number of nitrogens with one attached hydrogen (secondary N) is 2. The molecule has 2 atom stereocenters. The third-order valence-corrected chi connectivity index (χ3v) is 6.37. The Morgan fingerprint density at radius 2 is 1.89 bits per heavy atom. The topological polar surface area (TPSA) is 41.1 Å². The number of rotatable bonds is 3. The minimum atomic E-state index is -0.163. The van der Waals surface area contributed by atoms with Gasteiger partial charge in [0.25, 0.3) is 5.91 Å². The van der Waals surface area contributed by atoms with Gasteiger partial charge in [0.1, 0.15) is 0 Å². The van der Waals surface area contributed by atoms with Crippen molar-refractivity contribution in [3.05, 3.63) is 76.9 Å². The quantitative estimate of drug-likeness (QED) is 0.727. The minimum absolute atomic E-state index is 0.111. The molecule has 144 valence electrons. The number of carbonyl (C=O) groups excluding carboxylic acids is 1. The fraction of sp³-hybridized carbons (Fsp3) is 0.333. The Labute approximate surface area is 172 Å². The van der Waals surface area contributed by atoms with Crippen molar-refractivity contribution in [3.8, 4) is 0 Å². The monoisotopic (exact) mass is 390 g/mol. The highest BCUT2D eigenvalue weighted by molar-refractivity contribution is 7.80. The van der Waals surface area contributed by atoms with Crippen LogP contribution in [0.2, 0.25) is 0 Å². The summed E-state index contributed by atoms with van der Waals surface area (Å²) >= 11 is 5.45. The van der Waals surface area contributed by atoms with Crippen LogP contribution in [-0.2, 0) is 5.41 Å². The molecular formula is C24H26N2OS. The molecule has 4 rings (SSSR count). The first-order valence-electron chi connectivity index (χ1n) is 10.1. The summed E-state index contributed by atoms with van der Waals surface area (Å²) in [7, 11) is 0.